The number of rotatable bonds is 7. The van der Waals surface area contributed by atoms with Crippen LogP contribution in [0.3, 0.4) is 0 Å². The lowest BCUT2D eigenvalue weighted by Gasteiger charge is -2.39. The highest BCUT2D eigenvalue weighted by Crippen LogP contribution is 2.33. The maximum absolute atomic E-state index is 12.6. The van der Waals surface area contributed by atoms with E-state index in [0.29, 0.717) is 28.7 Å². The molecule has 1 aromatic heterocycles. The first kappa shape index (κ1) is 25.3. The predicted octanol–water partition coefficient (Wildman–Crippen LogP) is 3.16. The highest BCUT2D eigenvalue weighted by molar-refractivity contribution is 6.12. The zero-order valence-electron chi connectivity index (χ0n) is 22.0. The highest BCUT2D eigenvalue weighted by atomic mass is 16.2. The molecule has 4 N–H and O–H groups in total. The normalized spacial score (nSPS) is 23.8. The van der Waals surface area contributed by atoms with E-state index in [4.69, 9.17) is 10.7 Å². The van der Waals surface area contributed by atoms with Crippen molar-refractivity contribution in [2.45, 2.75) is 63.5 Å². The Kier molecular flexibility index (Phi) is 7.79. The van der Waals surface area contributed by atoms with Gasteiger partial charge in [-0.3, -0.25) is 9.69 Å². The quantitative estimate of drug-likeness (QED) is 0.524. The van der Waals surface area contributed by atoms with Crippen LogP contribution in [-0.4, -0.2) is 71.8 Å². The molecule has 0 atom stereocenters. The van der Waals surface area contributed by atoms with Crippen molar-refractivity contribution in [2.75, 3.05) is 43.4 Å². The van der Waals surface area contributed by atoms with Gasteiger partial charge in [0.15, 0.2) is 0 Å². The van der Waals surface area contributed by atoms with Crippen LogP contribution in [0.25, 0.3) is 0 Å². The van der Waals surface area contributed by atoms with Gasteiger partial charge in [0.2, 0.25) is 0 Å². The number of anilines is 2. The maximum Gasteiger partial charge on any atom is 0.267 e. The van der Waals surface area contributed by atoms with Crippen molar-refractivity contribution in [3.63, 3.8) is 0 Å². The lowest BCUT2D eigenvalue weighted by atomic mass is 10.1. The summed E-state index contributed by atoms with van der Waals surface area (Å²) < 4.78 is 0. The van der Waals surface area contributed by atoms with Crippen LogP contribution in [0.15, 0.2) is 59.3 Å². The first-order valence-electron chi connectivity index (χ1n) is 13.7. The van der Waals surface area contributed by atoms with E-state index in [1.165, 1.54) is 31.9 Å². The monoisotopic (exact) mass is 504 g/mol. The van der Waals surface area contributed by atoms with Crippen molar-refractivity contribution in [1.82, 2.24) is 20.1 Å². The fourth-order valence-electron chi connectivity index (χ4n) is 6.18. The standard InChI is InChI=1S/C28H40N8O/c1-20(33-27-21(18-29)17-25(28(37)30-2)36(27)23-9-5-6-10-23)32-26-12-11-24(19-31-26)35-15-13-34(14-16-35)22-7-3-4-8-22/h11-12,17-19,22-23H,1,3-10,13-16,29H2,2H3,(H,30,37)(H,31,32)/b21-18-,33-27+. The van der Waals surface area contributed by atoms with Crippen LogP contribution in [0, 0.1) is 0 Å². The summed E-state index contributed by atoms with van der Waals surface area (Å²) in [6.07, 6.45) is 15.0. The van der Waals surface area contributed by atoms with Gasteiger partial charge in [-0.2, -0.15) is 0 Å². The molecule has 2 saturated carbocycles. The Hall–Kier alpha value is -3.33. The number of pyridine rings is 1. The Morgan fingerprint density at radius 2 is 1.76 bits per heavy atom. The lowest BCUT2D eigenvalue weighted by Crippen LogP contribution is -2.49. The zero-order valence-corrected chi connectivity index (χ0v) is 22.0. The third kappa shape index (κ3) is 5.51. The van der Waals surface area contributed by atoms with Gasteiger partial charge in [0, 0.05) is 57.1 Å². The summed E-state index contributed by atoms with van der Waals surface area (Å²) in [5.74, 6) is 1.65. The first-order chi connectivity index (χ1) is 18.1. The Balaban J connectivity index is 1.24. The molecule has 0 aromatic carbocycles. The largest absolute Gasteiger partial charge is 0.404 e. The van der Waals surface area contributed by atoms with Gasteiger partial charge in [-0.1, -0.05) is 32.3 Å². The van der Waals surface area contributed by atoms with Crippen molar-refractivity contribution in [2.24, 2.45) is 10.7 Å². The van der Waals surface area contributed by atoms with Crippen molar-refractivity contribution >= 4 is 23.2 Å². The van der Waals surface area contributed by atoms with Crippen LogP contribution in [0.4, 0.5) is 11.5 Å². The topological polar surface area (TPSA) is 102 Å². The number of nitrogens with one attached hydrogen (secondary N) is 2. The van der Waals surface area contributed by atoms with Gasteiger partial charge in [0.05, 0.1) is 11.9 Å². The summed E-state index contributed by atoms with van der Waals surface area (Å²) in [6.45, 7) is 8.45. The molecule has 0 spiro atoms. The first-order valence-corrected chi connectivity index (χ1v) is 13.7. The number of aliphatic imine (C=N–C) groups is 1. The summed E-state index contributed by atoms with van der Waals surface area (Å²) in [5.41, 5.74) is 8.37. The van der Waals surface area contributed by atoms with E-state index >= 15 is 0 Å². The SMILES string of the molecule is C=C(/N=C1\C(=C/N)C=C(C(=O)NC)N1C1CCCC1)Nc1ccc(N2CCN(C3CCCC3)CC2)cn1. The van der Waals surface area contributed by atoms with Crippen molar-refractivity contribution in [3.05, 3.63) is 54.3 Å². The van der Waals surface area contributed by atoms with Crippen LogP contribution in [0.1, 0.15) is 51.4 Å². The number of amides is 1. The molecule has 3 fully saturated rings. The molecule has 9 nitrogen and oxygen atoms in total. The van der Waals surface area contributed by atoms with E-state index in [9.17, 15) is 4.79 Å². The third-order valence-electron chi connectivity index (χ3n) is 8.15. The Bertz CT molecular complexity index is 1070. The minimum absolute atomic E-state index is 0.142. The van der Waals surface area contributed by atoms with Gasteiger partial charge < -0.3 is 26.2 Å². The second kappa shape index (κ2) is 11.4. The summed E-state index contributed by atoms with van der Waals surface area (Å²) in [6, 6.07) is 5.10. The smallest absolute Gasteiger partial charge is 0.267 e. The van der Waals surface area contributed by atoms with E-state index < -0.39 is 0 Å². The van der Waals surface area contributed by atoms with E-state index in [-0.39, 0.29) is 11.9 Å². The number of hydrogen-bond donors (Lipinski definition) is 3. The molecule has 198 valence electrons. The molecule has 0 bridgehead atoms. The molecule has 9 heteroatoms. The van der Waals surface area contributed by atoms with Crippen molar-refractivity contribution < 1.29 is 4.79 Å². The molecule has 4 aliphatic rings. The Morgan fingerprint density at radius 3 is 2.35 bits per heavy atom. The van der Waals surface area contributed by atoms with Crippen LogP contribution in [0.2, 0.25) is 0 Å². The number of hydrogen-bond acceptors (Lipinski definition) is 7. The number of carbonyl (C=O) groups is 1. The molecular formula is C28H40N8O. The van der Waals surface area contributed by atoms with Crippen LogP contribution >= 0.6 is 0 Å². The number of piperazine rings is 1. The lowest BCUT2D eigenvalue weighted by molar-refractivity contribution is -0.118. The predicted molar refractivity (Wildman–Crippen MR) is 149 cm³/mol. The fraction of sp³-hybridized carbons (Fsp3) is 0.536. The van der Waals surface area contributed by atoms with Gasteiger partial charge in [-0.25, -0.2) is 9.98 Å². The average molecular weight is 505 g/mol. The van der Waals surface area contributed by atoms with E-state index in [1.54, 1.807) is 7.05 Å². The minimum Gasteiger partial charge on any atom is -0.404 e. The van der Waals surface area contributed by atoms with Crippen molar-refractivity contribution in [3.8, 4) is 0 Å². The van der Waals surface area contributed by atoms with Gasteiger partial charge in [-0.15, -0.1) is 0 Å². The molecule has 2 aliphatic heterocycles. The van der Waals surface area contributed by atoms with Gasteiger partial charge >= 0.3 is 0 Å². The molecular weight excluding hydrogens is 464 g/mol. The Labute approximate surface area is 220 Å². The third-order valence-corrected chi connectivity index (χ3v) is 8.15. The van der Waals surface area contributed by atoms with Gasteiger partial charge in [0.25, 0.3) is 5.91 Å². The summed E-state index contributed by atoms with van der Waals surface area (Å²) in [4.78, 5) is 29.1. The molecule has 5 rings (SSSR count). The molecule has 0 radical (unpaired) electrons. The molecule has 0 unspecified atom stereocenters. The van der Waals surface area contributed by atoms with E-state index in [1.807, 2.05) is 23.2 Å². The molecule has 1 aromatic rings. The summed E-state index contributed by atoms with van der Waals surface area (Å²) >= 11 is 0. The van der Waals surface area contributed by atoms with E-state index in [0.717, 1.165) is 63.6 Å². The molecule has 37 heavy (non-hydrogen) atoms. The molecule has 1 amide bonds. The maximum atomic E-state index is 12.6. The van der Waals surface area contributed by atoms with E-state index in [2.05, 4.69) is 38.1 Å². The molecule has 1 saturated heterocycles. The van der Waals surface area contributed by atoms with Crippen molar-refractivity contribution in [1.29, 1.82) is 0 Å². The molecule has 3 heterocycles. The average Bonchev–Trinajstić information content (AvgIpc) is 3.70. The number of nitrogens with two attached hydrogens (primary N) is 1. The fourth-order valence-corrected chi connectivity index (χ4v) is 6.18. The Morgan fingerprint density at radius 1 is 1.08 bits per heavy atom. The number of aromatic nitrogens is 1. The number of likely N-dealkylation sites (N-methyl/N-ethyl adjacent to an activating group) is 1. The van der Waals surface area contributed by atoms with Gasteiger partial charge in [-0.05, 0) is 43.9 Å². The second-order valence-corrected chi connectivity index (χ2v) is 10.4. The van der Waals surface area contributed by atoms with Crippen LogP contribution in [0.5, 0.6) is 0 Å². The highest BCUT2D eigenvalue weighted by Gasteiger charge is 2.36. The second-order valence-electron chi connectivity index (χ2n) is 10.4. The van der Waals surface area contributed by atoms with Crippen LogP contribution in [-0.2, 0) is 4.79 Å². The zero-order chi connectivity index (χ0) is 25.8. The van der Waals surface area contributed by atoms with Crippen LogP contribution < -0.4 is 21.3 Å². The van der Waals surface area contributed by atoms with Gasteiger partial charge in [0.1, 0.15) is 23.2 Å². The number of amidine groups is 1. The minimum atomic E-state index is -0.142. The number of nitrogens with zero attached hydrogens (tertiary/aromatic N) is 5. The molecule has 2 aliphatic carbocycles. The number of carbonyl (C=O) groups excluding carboxylic acids is 1. The summed E-state index contributed by atoms with van der Waals surface area (Å²) in [7, 11) is 1.64. The summed E-state index contributed by atoms with van der Waals surface area (Å²) in [5, 5.41) is 5.96.